The van der Waals surface area contributed by atoms with E-state index in [2.05, 4.69) is 51.6 Å². The van der Waals surface area contributed by atoms with E-state index in [9.17, 15) is 15.3 Å². The zero-order valence-corrected chi connectivity index (χ0v) is 26.0. The molecule has 1 heterocycles. The number of rotatable bonds is 5. The molecule has 0 saturated heterocycles. The Kier molecular flexibility index (Phi) is 6.96. The minimum Gasteiger partial charge on any atom is -0.396 e. The molecule has 5 aliphatic rings. The van der Waals surface area contributed by atoms with Gasteiger partial charge in [-0.3, -0.25) is 0 Å². The quantitative estimate of drug-likeness (QED) is 0.291. The number of hydrogen-bond acceptors (Lipinski definition) is 3. The molecule has 5 fully saturated rings. The molecule has 0 aromatic carbocycles. The van der Waals surface area contributed by atoms with Crippen LogP contribution >= 0.6 is 0 Å². The van der Waals surface area contributed by atoms with E-state index in [1.165, 1.54) is 37.7 Å². The summed E-state index contributed by atoms with van der Waals surface area (Å²) in [4.78, 5) is 0. The predicted molar refractivity (Wildman–Crippen MR) is 159 cm³/mol. The first-order chi connectivity index (χ1) is 18.9. The average Bonchev–Trinajstić information content (AvgIpc) is 3.32. The van der Waals surface area contributed by atoms with Gasteiger partial charge in [0, 0.05) is 18.2 Å². The van der Waals surface area contributed by atoms with Crippen LogP contribution in [0.4, 0.5) is 0 Å². The zero-order chi connectivity index (χ0) is 28.7. The van der Waals surface area contributed by atoms with Crippen LogP contribution in [0.2, 0.25) is 0 Å². The Bertz CT molecular complexity index is 1150. The molecule has 1 aromatic rings. The number of pyridine rings is 1. The lowest BCUT2D eigenvalue weighted by Crippen LogP contribution is -2.66. The monoisotopic (exact) mass is 550 g/mol. The van der Waals surface area contributed by atoms with Crippen molar-refractivity contribution < 1.29 is 19.9 Å². The Labute approximate surface area is 243 Å². The van der Waals surface area contributed by atoms with Crippen molar-refractivity contribution in [2.45, 2.75) is 118 Å². The van der Waals surface area contributed by atoms with Crippen LogP contribution in [-0.2, 0) is 13.2 Å². The normalized spacial score (nSPS) is 47.5. The second-order valence-electron chi connectivity index (χ2n) is 16.4. The number of hydrogen-bond donors (Lipinski definition) is 3. The second kappa shape index (κ2) is 9.64. The lowest BCUT2D eigenvalue weighted by atomic mass is 9.32. The van der Waals surface area contributed by atoms with E-state index in [0.717, 1.165) is 44.2 Å². The van der Waals surface area contributed by atoms with Crippen molar-refractivity contribution in [2.75, 3.05) is 6.61 Å². The van der Waals surface area contributed by atoms with Gasteiger partial charge in [-0.2, -0.15) is 0 Å². The first-order valence-electron chi connectivity index (χ1n) is 16.4. The van der Waals surface area contributed by atoms with Gasteiger partial charge in [-0.05, 0) is 133 Å². The van der Waals surface area contributed by atoms with Gasteiger partial charge in [0.15, 0.2) is 18.9 Å². The molecule has 4 heteroatoms. The molecule has 6 rings (SSSR count). The predicted octanol–water partition coefficient (Wildman–Crippen LogP) is 6.46. The number of aliphatic hydroxyl groups excluding tert-OH is 3. The highest BCUT2D eigenvalue weighted by molar-refractivity contribution is 5.22. The van der Waals surface area contributed by atoms with Gasteiger partial charge in [0.1, 0.15) is 0 Å². The molecule has 222 valence electrons. The molecule has 10 atom stereocenters. The molecule has 5 aliphatic carbocycles. The summed E-state index contributed by atoms with van der Waals surface area (Å²) in [7, 11) is 0. The highest BCUT2D eigenvalue weighted by Gasteiger charge is 2.70. The Hall–Kier alpha value is -1.23. The Morgan fingerprint density at radius 3 is 2.40 bits per heavy atom. The number of aliphatic hydroxyl groups is 3. The maximum atomic E-state index is 11.0. The van der Waals surface area contributed by atoms with Gasteiger partial charge < -0.3 is 15.3 Å². The smallest absolute Gasteiger partial charge is 0.174 e. The van der Waals surface area contributed by atoms with Crippen LogP contribution in [0.5, 0.6) is 0 Å². The van der Waals surface area contributed by atoms with Crippen LogP contribution in [0.15, 0.2) is 36.7 Å². The first-order valence-corrected chi connectivity index (χ1v) is 16.4. The van der Waals surface area contributed by atoms with Gasteiger partial charge in [0.2, 0.25) is 0 Å². The van der Waals surface area contributed by atoms with Crippen molar-refractivity contribution in [3.8, 4) is 0 Å². The van der Waals surface area contributed by atoms with E-state index in [-0.39, 0.29) is 29.0 Å². The van der Waals surface area contributed by atoms with Crippen molar-refractivity contribution in [3.63, 3.8) is 0 Å². The summed E-state index contributed by atoms with van der Waals surface area (Å²) in [5.41, 5.74) is 3.12. The minimum atomic E-state index is -0.178. The van der Waals surface area contributed by atoms with Crippen molar-refractivity contribution >= 4 is 0 Å². The van der Waals surface area contributed by atoms with Gasteiger partial charge in [0.25, 0.3) is 0 Å². The minimum absolute atomic E-state index is 0.00994. The van der Waals surface area contributed by atoms with E-state index >= 15 is 0 Å². The fourth-order valence-electron chi connectivity index (χ4n) is 12.6. The third-order valence-corrected chi connectivity index (χ3v) is 14.9. The van der Waals surface area contributed by atoms with E-state index < -0.39 is 0 Å². The SMILES string of the molecule is C=C(C[n+]1cccc(CO)c1)[C@@H]1CC[C@]2(CO)CC[C@]3(C)[C@H](CC[C@@H]4[C@@]5(C)CCC(O)C(C)(C)[C@@H]5CC[C@]43C)[C@@H]12. The maximum Gasteiger partial charge on any atom is 0.174 e. The van der Waals surface area contributed by atoms with E-state index in [0.29, 0.717) is 47.0 Å². The summed E-state index contributed by atoms with van der Waals surface area (Å²) in [6, 6.07) is 3.99. The van der Waals surface area contributed by atoms with Crippen molar-refractivity contribution in [1.29, 1.82) is 0 Å². The van der Waals surface area contributed by atoms with Gasteiger partial charge in [-0.15, -0.1) is 0 Å². The summed E-state index contributed by atoms with van der Waals surface area (Å²) >= 11 is 0. The van der Waals surface area contributed by atoms with Crippen molar-refractivity contribution in [2.24, 2.45) is 56.7 Å². The number of fused-ring (bicyclic) bond motifs is 7. The van der Waals surface area contributed by atoms with Crippen LogP contribution in [0, 0.1) is 56.7 Å². The first kappa shape index (κ1) is 28.9. The third-order valence-electron chi connectivity index (χ3n) is 14.9. The fourth-order valence-corrected chi connectivity index (χ4v) is 12.6. The molecule has 0 amide bonds. The molecule has 0 bridgehead atoms. The molecule has 4 nitrogen and oxygen atoms in total. The van der Waals surface area contributed by atoms with Crippen LogP contribution in [0.1, 0.15) is 104 Å². The van der Waals surface area contributed by atoms with Gasteiger partial charge in [-0.1, -0.05) is 41.2 Å². The fraction of sp³-hybridized carbons (Fsp3) is 0.806. The average molecular weight is 551 g/mol. The van der Waals surface area contributed by atoms with E-state index in [4.69, 9.17) is 6.58 Å². The summed E-state index contributed by atoms with van der Waals surface area (Å²) < 4.78 is 2.19. The summed E-state index contributed by atoms with van der Waals surface area (Å²) in [5.74, 6) is 2.85. The van der Waals surface area contributed by atoms with Crippen molar-refractivity contribution in [1.82, 2.24) is 0 Å². The summed E-state index contributed by atoms with van der Waals surface area (Å²) in [5, 5.41) is 31.6. The highest BCUT2D eigenvalue weighted by Crippen LogP contribution is 2.77. The molecule has 1 unspecified atom stereocenters. The van der Waals surface area contributed by atoms with Crippen molar-refractivity contribution in [3.05, 3.63) is 42.2 Å². The lowest BCUT2D eigenvalue weighted by molar-refractivity contribution is -0.690. The van der Waals surface area contributed by atoms with E-state index in [1.54, 1.807) is 0 Å². The molecule has 0 radical (unpaired) electrons. The van der Waals surface area contributed by atoms with Gasteiger partial charge in [0.05, 0.1) is 12.7 Å². The zero-order valence-electron chi connectivity index (χ0n) is 26.0. The Morgan fingerprint density at radius 1 is 0.900 bits per heavy atom. The molecule has 40 heavy (non-hydrogen) atoms. The lowest BCUT2D eigenvalue weighted by Gasteiger charge is -2.73. The number of aromatic nitrogens is 1. The third kappa shape index (κ3) is 3.83. The molecule has 1 aromatic heterocycles. The van der Waals surface area contributed by atoms with Crippen LogP contribution < -0.4 is 4.57 Å². The summed E-state index contributed by atoms with van der Waals surface area (Å²) in [6.07, 6.45) is 15.8. The topological polar surface area (TPSA) is 64.6 Å². The highest BCUT2D eigenvalue weighted by atomic mass is 16.3. The van der Waals surface area contributed by atoms with E-state index in [1.807, 2.05) is 12.1 Å². The molecular formula is C36H56NO3+. The van der Waals surface area contributed by atoms with Crippen LogP contribution in [0.3, 0.4) is 0 Å². The van der Waals surface area contributed by atoms with Crippen LogP contribution in [-0.4, -0.2) is 28.0 Å². The van der Waals surface area contributed by atoms with Gasteiger partial charge >= 0.3 is 0 Å². The number of allylic oxidation sites excluding steroid dienone is 1. The Morgan fingerprint density at radius 2 is 1.68 bits per heavy atom. The maximum absolute atomic E-state index is 11.0. The summed E-state index contributed by atoms with van der Waals surface area (Å²) in [6.45, 7) is 18.5. The number of nitrogens with zero attached hydrogens (tertiary/aromatic N) is 1. The largest absolute Gasteiger partial charge is 0.396 e. The van der Waals surface area contributed by atoms with Crippen LogP contribution in [0.25, 0.3) is 0 Å². The standard InChI is InChI=1S/C36H56NO3/c1-24(20-37-19-7-8-25(21-37)22-38)26-11-16-36(23-39)18-17-34(5)27(31(26)36)9-10-29-33(4)14-13-30(40)32(2,3)28(33)12-15-35(29,34)6/h7-8,19,21,26-31,38-40H,1,9-18,20,22-23H2,2-6H3/q+1/t26-,27+,28-,29+,30?,31+,33-,34+,35+,36+/m0/s1. The second-order valence-corrected chi connectivity index (χ2v) is 16.4. The molecule has 3 N–H and O–H groups in total. The molecule has 0 spiro atoms. The molecule has 5 saturated carbocycles. The molecule has 0 aliphatic heterocycles. The van der Waals surface area contributed by atoms with Gasteiger partial charge in [-0.25, -0.2) is 4.57 Å². The molecular weight excluding hydrogens is 494 g/mol. The Balaban J connectivity index is 1.33.